The Hall–Kier alpha value is -3.36. The van der Waals surface area contributed by atoms with Crippen LogP contribution in [-0.2, 0) is 27.7 Å². The number of nitrogens with one attached hydrogen (secondary N) is 2. The Morgan fingerprint density at radius 1 is 0.857 bits per heavy atom. The lowest BCUT2D eigenvalue weighted by Gasteiger charge is -2.15. The molecular weight excluding hydrogens is 464 g/mol. The fourth-order valence-electron chi connectivity index (χ4n) is 3.67. The molecule has 0 aliphatic rings. The molecule has 0 aromatic heterocycles. The molecule has 0 fully saturated rings. The minimum atomic E-state index is -3.65. The van der Waals surface area contributed by atoms with Crippen LogP contribution in [0.5, 0.6) is 11.5 Å². The van der Waals surface area contributed by atoms with Gasteiger partial charge in [-0.05, 0) is 60.7 Å². The second-order valence-electron chi connectivity index (χ2n) is 8.19. The molecule has 2 N–H and O–H groups in total. The molecule has 1 atom stereocenters. The van der Waals surface area contributed by atoms with E-state index < -0.39 is 10.0 Å². The van der Waals surface area contributed by atoms with Gasteiger partial charge in [0.2, 0.25) is 15.9 Å². The number of methoxy groups -OCH3 is 2. The van der Waals surface area contributed by atoms with Gasteiger partial charge in [-0.15, -0.1) is 0 Å². The Bertz CT molecular complexity index is 1210. The lowest BCUT2D eigenvalue weighted by atomic mass is 10.1. The van der Waals surface area contributed by atoms with E-state index in [-0.39, 0.29) is 16.8 Å². The van der Waals surface area contributed by atoms with Crippen molar-refractivity contribution in [3.63, 3.8) is 0 Å². The van der Waals surface area contributed by atoms with Gasteiger partial charge in [0.25, 0.3) is 0 Å². The molecule has 0 saturated heterocycles. The molecule has 3 rings (SSSR count). The fraction of sp³-hybridized carbons (Fsp3) is 0.296. The van der Waals surface area contributed by atoms with E-state index in [9.17, 15) is 13.2 Å². The van der Waals surface area contributed by atoms with Crippen LogP contribution in [-0.4, -0.2) is 35.1 Å². The van der Waals surface area contributed by atoms with E-state index in [0.29, 0.717) is 37.3 Å². The molecule has 1 unspecified atom stereocenters. The second kappa shape index (κ2) is 12.4. The molecular formula is C27H32N2O5S. The van der Waals surface area contributed by atoms with Crippen LogP contribution in [0.1, 0.15) is 36.1 Å². The van der Waals surface area contributed by atoms with Crippen LogP contribution in [0.3, 0.4) is 0 Å². The smallest absolute Gasteiger partial charge is 0.241 e. The Balaban J connectivity index is 1.46. The van der Waals surface area contributed by atoms with Crippen LogP contribution in [0.4, 0.5) is 0 Å². The Morgan fingerprint density at radius 3 is 2.17 bits per heavy atom. The Morgan fingerprint density at radius 2 is 1.51 bits per heavy atom. The van der Waals surface area contributed by atoms with Gasteiger partial charge < -0.3 is 14.8 Å². The lowest BCUT2D eigenvalue weighted by Crippen LogP contribution is -2.27. The van der Waals surface area contributed by atoms with Crippen molar-refractivity contribution in [2.24, 2.45) is 0 Å². The minimum Gasteiger partial charge on any atom is -0.493 e. The quantitative estimate of drug-likeness (QED) is 0.395. The number of amides is 1. The molecule has 7 nitrogen and oxygen atoms in total. The normalized spacial score (nSPS) is 12.1. The van der Waals surface area contributed by atoms with Crippen molar-refractivity contribution in [2.75, 3.05) is 20.8 Å². The number of rotatable bonds is 12. The van der Waals surface area contributed by atoms with Gasteiger partial charge in [0.1, 0.15) is 0 Å². The van der Waals surface area contributed by atoms with Gasteiger partial charge in [0.15, 0.2) is 11.5 Å². The maximum Gasteiger partial charge on any atom is 0.241 e. The topological polar surface area (TPSA) is 93.7 Å². The van der Waals surface area contributed by atoms with E-state index in [1.54, 1.807) is 38.5 Å². The second-order valence-corrected chi connectivity index (χ2v) is 9.90. The van der Waals surface area contributed by atoms with E-state index in [4.69, 9.17) is 9.47 Å². The van der Waals surface area contributed by atoms with E-state index in [2.05, 4.69) is 10.0 Å². The largest absolute Gasteiger partial charge is 0.493 e. The molecule has 0 radical (unpaired) electrons. The number of hydrogen-bond acceptors (Lipinski definition) is 5. The highest BCUT2D eigenvalue weighted by atomic mass is 32.2. The summed E-state index contributed by atoms with van der Waals surface area (Å²) >= 11 is 0. The van der Waals surface area contributed by atoms with Crippen molar-refractivity contribution in [1.29, 1.82) is 0 Å². The molecule has 0 saturated carbocycles. The van der Waals surface area contributed by atoms with Crippen LogP contribution >= 0.6 is 0 Å². The SMILES string of the molecule is COc1ccc(CCNC(=O)CCc2ccc(S(=O)(=O)NC(C)c3ccccc3)cc2)cc1OC. The number of benzene rings is 3. The molecule has 1 amide bonds. The molecule has 0 heterocycles. The summed E-state index contributed by atoms with van der Waals surface area (Å²) in [5.41, 5.74) is 2.83. The third-order valence-electron chi connectivity index (χ3n) is 5.69. The van der Waals surface area contributed by atoms with Gasteiger partial charge in [-0.1, -0.05) is 48.5 Å². The average Bonchev–Trinajstić information content (AvgIpc) is 2.87. The number of carbonyl (C=O) groups excluding carboxylic acids is 1. The summed E-state index contributed by atoms with van der Waals surface area (Å²) in [6, 6.07) is 21.4. The lowest BCUT2D eigenvalue weighted by molar-refractivity contribution is -0.121. The van der Waals surface area contributed by atoms with E-state index in [1.807, 2.05) is 55.5 Å². The first-order valence-electron chi connectivity index (χ1n) is 11.5. The summed E-state index contributed by atoms with van der Waals surface area (Å²) in [6.45, 7) is 2.32. The van der Waals surface area contributed by atoms with Gasteiger partial charge in [-0.25, -0.2) is 13.1 Å². The summed E-state index contributed by atoms with van der Waals surface area (Å²) in [6.07, 6.45) is 1.52. The van der Waals surface area contributed by atoms with Crippen LogP contribution in [0, 0.1) is 0 Å². The van der Waals surface area contributed by atoms with E-state index in [0.717, 1.165) is 16.7 Å². The van der Waals surface area contributed by atoms with Crippen LogP contribution in [0.2, 0.25) is 0 Å². The summed E-state index contributed by atoms with van der Waals surface area (Å²) in [4.78, 5) is 12.4. The average molecular weight is 497 g/mol. The zero-order chi connectivity index (χ0) is 25.3. The minimum absolute atomic E-state index is 0.0551. The standard InChI is InChI=1S/C27H32N2O5S/c1-20(23-7-5-4-6-8-23)29-35(31,32)24-13-9-21(10-14-24)12-16-27(30)28-18-17-22-11-15-25(33-2)26(19-22)34-3/h4-11,13-15,19-20,29H,12,16-18H2,1-3H3,(H,28,30). The maximum absolute atomic E-state index is 12.7. The summed E-state index contributed by atoms with van der Waals surface area (Å²) in [5.74, 6) is 1.27. The highest BCUT2D eigenvalue weighted by molar-refractivity contribution is 7.89. The van der Waals surface area contributed by atoms with E-state index in [1.165, 1.54) is 0 Å². The number of sulfonamides is 1. The molecule has 186 valence electrons. The first kappa shape index (κ1) is 26.2. The maximum atomic E-state index is 12.7. The molecule has 0 aliphatic carbocycles. The van der Waals surface area contributed by atoms with Gasteiger partial charge in [-0.2, -0.15) is 0 Å². The van der Waals surface area contributed by atoms with Crippen molar-refractivity contribution in [1.82, 2.24) is 10.0 Å². The first-order valence-corrected chi connectivity index (χ1v) is 12.9. The Kier molecular flexibility index (Phi) is 9.28. The molecule has 0 bridgehead atoms. The zero-order valence-electron chi connectivity index (χ0n) is 20.3. The van der Waals surface area contributed by atoms with Crippen LogP contribution in [0.25, 0.3) is 0 Å². The molecule has 0 spiro atoms. The summed E-state index contributed by atoms with van der Waals surface area (Å²) in [7, 11) is -0.468. The monoisotopic (exact) mass is 496 g/mol. The molecule has 0 aliphatic heterocycles. The Labute approximate surface area is 207 Å². The highest BCUT2D eigenvalue weighted by Crippen LogP contribution is 2.27. The number of carbonyl (C=O) groups is 1. The van der Waals surface area contributed by atoms with Crippen LogP contribution in [0.15, 0.2) is 77.7 Å². The fourth-order valence-corrected chi connectivity index (χ4v) is 4.91. The molecule has 3 aromatic rings. The van der Waals surface area contributed by atoms with Crippen molar-refractivity contribution >= 4 is 15.9 Å². The zero-order valence-corrected chi connectivity index (χ0v) is 21.1. The third-order valence-corrected chi connectivity index (χ3v) is 7.25. The van der Waals surface area contributed by atoms with Crippen molar-refractivity contribution in [2.45, 2.75) is 37.1 Å². The van der Waals surface area contributed by atoms with Gasteiger partial charge in [0.05, 0.1) is 19.1 Å². The molecule has 35 heavy (non-hydrogen) atoms. The van der Waals surface area contributed by atoms with Crippen molar-refractivity contribution < 1.29 is 22.7 Å². The van der Waals surface area contributed by atoms with Crippen molar-refractivity contribution in [3.05, 3.63) is 89.5 Å². The molecule has 3 aromatic carbocycles. The third kappa shape index (κ3) is 7.56. The predicted molar refractivity (Wildman–Crippen MR) is 136 cm³/mol. The highest BCUT2D eigenvalue weighted by Gasteiger charge is 2.18. The van der Waals surface area contributed by atoms with Crippen molar-refractivity contribution in [3.8, 4) is 11.5 Å². The van der Waals surface area contributed by atoms with Gasteiger partial charge >= 0.3 is 0 Å². The van der Waals surface area contributed by atoms with Gasteiger partial charge in [-0.3, -0.25) is 4.79 Å². The predicted octanol–water partition coefficient (Wildman–Crippen LogP) is 4.03. The van der Waals surface area contributed by atoms with E-state index >= 15 is 0 Å². The summed E-state index contributed by atoms with van der Waals surface area (Å²) in [5, 5.41) is 2.92. The van der Waals surface area contributed by atoms with Crippen LogP contribution < -0.4 is 19.5 Å². The molecule has 8 heteroatoms. The van der Waals surface area contributed by atoms with Gasteiger partial charge in [0, 0.05) is 19.0 Å². The number of aryl methyl sites for hydroxylation is 1. The number of hydrogen-bond donors (Lipinski definition) is 2. The summed E-state index contributed by atoms with van der Waals surface area (Å²) < 4.78 is 38.7. The first-order chi connectivity index (χ1) is 16.8. The number of ether oxygens (including phenoxy) is 2.